The van der Waals surface area contributed by atoms with Gasteiger partial charge in [0, 0.05) is 26.2 Å². The molecular formula is C16H20F3N3O2. The maximum Gasteiger partial charge on any atom is 0.416 e. The van der Waals surface area contributed by atoms with Crippen LogP contribution < -0.4 is 5.73 Å². The molecule has 0 aliphatic carbocycles. The standard InChI is InChI=1S/C16H20F3N3O2/c17-16(18,19)13-4-1-3-12(9-13)10-15(24)22-6-2-5-21(7-8-22)11-14(20)23/h1,3-4,9H,2,5-8,10-11H2,(H2,20,23). The number of amides is 2. The van der Waals surface area contributed by atoms with Gasteiger partial charge in [-0.2, -0.15) is 13.2 Å². The Hall–Kier alpha value is -2.09. The summed E-state index contributed by atoms with van der Waals surface area (Å²) in [6.07, 6.45) is -3.79. The Morgan fingerprint density at radius 1 is 1.12 bits per heavy atom. The Balaban J connectivity index is 1.96. The molecule has 1 aromatic carbocycles. The number of hydrogen-bond donors (Lipinski definition) is 1. The van der Waals surface area contributed by atoms with Crippen LogP contribution in [0.1, 0.15) is 17.5 Å². The van der Waals surface area contributed by atoms with Gasteiger partial charge < -0.3 is 10.6 Å². The Labute approximate surface area is 138 Å². The van der Waals surface area contributed by atoms with Gasteiger partial charge >= 0.3 is 6.18 Å². The zero-order valence-electron chi connectivity index (χ0n) is 13.2. The van der Waals surface area contributed by atoms with Crippen molar-refractivity contribution in [2.45, 2.75) is 19.0 Å². The number of benzene rings is 1. The molecule has 0 bridgehead atoms. The average Bonchev–Trinajstić information content (AvgIpc) is 2.71. The zero-order chi connectivity index (χ0) is 17.7. The van der Waals surface area contributed by atoms with E-state index in [0.717, 1.165) is 12.1 Å². The minimum Gasteiger partial charge on any atom is -0.369 e. The molecule has 1 fully saturated rings. The smallest absolute Gasteiger partial charge is 0.369 e. The number of rotatable bonds is 4. The molecule has 132 valence electrons. The van der Waals surface area contributed by atoms with Gasteiger partial charge in [0.15, 0.2) is 0 Å². The lowest BCUT2D eigenvalue weighted by Crippen LogP contribution is -2.38. The number of alkyl halides is 3. The van der Waals surface area contributed by atoms with Crippen LogP contribution in [0.15, 0.2) is 24.3 Å². The van der Waals surface area contributed by atoms with Crippen LogP contribution in [0.4, 0.5) is 13.2 Å². The predicted octanol–water partition coefficient (Wildman–Crippen LogP) is 1.27. The van der Waals surface area contributed by atoms with Crippen molar-refractivity contribution in [3.8, 4) is 0 Å². The maximum absolute atomic E-state index is 12.7. The van der Waals surface area contributed by atoms with Crippen LogP contribution >= 0.6 is 0 Å². The SMILES string of the molecule is NC(=O)CN1CCCN(C(=O)Cc2cccc(C(F)(F)F)c2)CC1. The summed E-state index contributed by atoms with van der Waals surface area (Å²) in [6.45, 7) is 2.29. The molecule has 0 saturated carbocycles. The van der Waals surface area contributed by atoms with Crippen molar-refractivity contribution in [1.82, 2.24) is 9.80 Å². The Morgan fingerprint density at radius 2 is 1.88 bits per heavy atom. The van der Waals surface area contributed by atoms with Gasteiger partial charge in [0.1, 0.15) is 0 Å². The van der Waals surface area contributed by atoms with Crippen LogP contribution in [-0.2, 0) is 22.2 Å². The highest BCUT2D eigenvalue weighted by Gasteiger charge is 2.30. The molecule has 0 atom stereocenters. The number of primary amides is 1. The van der Waals surface area contributed by atoms with Gasteiger partial charge in [0.2, 0.25) is 11.8 Å². The second-order valence-electron chi connectivity index (χ2n) is 5.85. The molecule has 2 N–H and O–H groups in total. The number of carbonyl (C=O) groups is 2. The van der Waals surface area contributed by atoms with E-state index in [-0.39, 0.29) is 18.9 Å². The van der Waals surface area contributed by atoms with E-state index in [9.17, 15) is 22.8 Å². The first-order valence-corrected chi connectivity index (χ1v) is 7.70. The van der Waals surface area contributed by atoms with Gasteiger partial charge in [-0.15, -0.1) is 0 Å². The summed E-state index contributed by atoms with van der Waals surface area (Å²) in [4.78, 5) is 26.8. The first kappa shape index (κ1) is 18.3. The summed E-state index contributed by atoms with van der Waals surface area (Å²) < 4.78 is 38.2. The largest absolute Gasteiger partial charge is 0.416 e. The van der Waals surface area contributed by atoms with E-state index in [1.54, 1.807) is 4.90 Å². The average molecular weight is 343 g/mol. The van der Waals surface area contributed by atoms with Gasteiger partial charge in [-0.05, 0) is 18.1 Å². The highest BCUT2D eigenvalue weighted by atomic mass is 19.4. The van der Waals surface area contributed by atoms with E-state index in [2.05, 4.69) is 0 Å². The minimum absolute atomic E-state index is 0.0697. The lowest BCUT2D eigenvalue weighted by Gasteiger charge is -2.21. The third-order valence-corrected chi connectivity index (χ3v) is 3.93. The van der Waals surface area contributed by atoms with E-state index in [1.807, 2.05) is 4.90 Å². The fraction of sp³-hybridized carbons (Fsp3) is 0.500. The Bertz CT molecular complexity index is 604. The van der Waals surface area contributed by atoms with Crippen molar-refractivity contribution in [2.75, 3.05) is 32.7 Å². The van der Waals surface area contributed by atoms with Crippen LogP contribution in [0.2, 0.25) is 0 Å². The fourth-order valence-electron chi connectivity index (χ4n) is 2.74. The summed E-state index contributed by atoms with van der Waals surface area (Å²) >= 11 is 0. The molecule has 2 rings (SSSR count). The number of nitrogens with two attached hydrogens (primary N) is 1. The molecule has 8 heteroatoms. The molecule has 0 spiro atoms. The molecule has 2 amide bonds. The third-order valence-electron chi connectivity index (χ3n) is 3.93. The molecule has 1 aliphatic heterocycles. The van der Waals surface area contributed by atoms with Crippen LogP contribution in [-0.4, -0.2) is 54.3 Å². The number of carbonyl (C=O) groups excluding carboxylic acids is 2. The molecule has 1 saturated heterocycles. The monoisotopic (exact) mass is 343 g/mol. The quantitative estimate of drug-likeness (QED) is 0.895. The topological polar surface area (TPSA) is 66.6 Å². The van der Waals surface area contributed by atoms with E-state index in [1.165, 1.54) is 12.1 Å². The highest BCUT2D eigenvalue weighted by Crippen LogP contribution is 2.29. The molecule has 1 aromatic rings. The summed E-state index contributed by atoms with van der Waals surface area (Å²) in [5.41, 5.74) is 4.75. The van der Waals surface area contributed by atoms with E-state index in [0.29, 0.717) is 38.2 Å². The Kier molecular flexibility index (Phi) is 5.82. The van der Waals surface area contributed by atoms with Crippen molar-refractivity contribution in [1.29, 1.82) is 0 Å². The summed E-state index contributed by atoms with van der Waals surface area (Å²) in [7, 11) is 0. The molecule has 0 aromatic heterocycles. The zero-order valence-corrected chi connectivity index (χ0v) is 13.2. The molecule has 1 aliphatic rings. The molecule has 1 heterocycles. The number of halogens is 3. The maximum atomic E-state index is 12.7. The van der Waals surface area contributed by atoms with Gasteiger partial charge in [-0.25, -0.2) is 0 Å². The van der Waals surface area contributed by atoms with Gasteiger partial charge in [-0.1, -0.05) is 18.2 Å². The molecular weight excluding hydrogens is 323 g/mol. The molecule has 0 radical (unpaired) electrons. The highest BCUT2D eigenvalue weighted by molar-refractivity contribution is 5.79. The summed E-state index contributed by atoms with van der Waals surface area (Å²) in [6, 6.07) is 4.82. The van der Waals surface area contributed by atoms with Crippen LogP contribution in [0.5, 0.6) is 0 Å². The third kappa shape index (κ3) is 5.23. The molecule has 0 unspecified atom stereocenters. The van der Waals surface area contributed by atoms with Gasteiger partial charge in [0.05, 0.1) is 18.5 Å². The molecule has 24 heavy (non-hydrogen) atoms. The lowest BCUT2D eigenvalue weighted by atomic mass is 10.1. The fourth-order valence-corrected chi connectivity index (χ4v) is 2.74. The second kappa shape index (κ2) is 7.65. The lowest BCUT2D eigenvalue weighted by molar-refractivity contribution is -0.138. The van der Waals surface area contributed by atoms with Crippen LogP contribution in [0.25, 0.3) is 0 Å². The first-order valence-electron chi connectivity index (χ1n) is 7.70. The van der Waals surface area contributed by atoms with Crippen LogP contribution in [0, 0.1) is 0 Å². The van der Waals surface area contributed by atoms with Gasteiger partial charge in [-0.3, -0.25) is 14.5 Å². The van der Waals surface area contributed by atoms with Crippen molar-refractivity contribution in [3.05, 3.63) is 35.4 Å². The first-order chi connectivity index (χ1) is 11.3. The minimum atomic E-state index is -4.42. The van der Waals surface area contributed by atoms with Crippen molar-refractivity contribution < 1.29 is 22.8 Å². The Morgan fingerprint density at radius 3 is 2.54 bits per heavy atom. The van der Waals surface area contributed by atoms with E-state index >= 15 is 0 Å². The second-order valence-corrected chi connectivity index (χ2v) is 5.85. The molecule has 5 nitrogen and oxygen atoms in total. The number of nitrogens with zero attached hydrogens (tertiary/aromatic N) is 2. The summed E-state index contributed by atoms with van der Waals surface area (Å²) in [5, 5.41) is 0. The van der Waals surface area contributed by atoms with Crippen molar-refractivity contribution >= 4 is 11.8 Å². The van der Waals surface area contributed by atoms with Crippen LogP contribution in [0.3, 0.4) is 0 Å². The predicted molar refractivity (Wildman–Crippen MR) is 82.0 cm³/mol. The normalized spacial score (nSPS) is 16.7. The summed E-state index contributed by atoms with van der Waals surface area (Å²) in [5.74, 6) is -0.631. The van der Waals surface area contributed by atoms with E-state index < -0.39 is 17.6 Å². The van der Waals surface area contributed by atoms with Crippen molar-refractivity contribution in [3.63, 3.8) is 0 Å². The van der Waals surface area contributed by atoms with E-state index in [4.69, 9.17) is 5.73 Å². The van der Waals surface area contributed by atoms with Gasteiger partial charge in [0.25, 0.3) is 0 Å². The van der Waals surface area contributed by atoms with Crippen molar-refractivity contribution in [2.24, 2.45) is 5.73 Å². The number of hydrogen-bond acceptors (Lipinski definition) is 3.